The molecule has 0 heterocycles. The molecule has 0 atom stereocenters. The van der Waals surface area contributed by atoms with Crippen molar-refractivity contribution in [3.05, 3.63) is 88.8 Å². The van der Waals surface area contributed by atoms with Crippen molar-refractivity contribution in [1.29, 1.82) is 0 Å². The Kier molecular flexibility index (Phi) is 5.39. The molecule has 0 spiro atoms. The van der Waals surface area contributed by atoms with Gasteiger partial charge in [-0.3, -0.25) is 0 Å². The van der Waals surface area contributed by atoms with Crippen molar-refractivity contribution >= 4 is 23.8 Å². The van der Waals surface area contributed by atoms with E-state index in [1.165, 1.54) is 0 Å². The fraction of sp³-hybridized carbons (Fsp3) is 0. The highest BCUT2D eigenvalue weighted by Gasteiger charge is 2.25. The molecule has 0 unspecified atom stereocenters. The molecular weight excluding hydrogens is 418 g/mol. The standard InChI is InChI=1S/C18H6F9P/c19-10-1-7(2-11(20)16(10)25)28(8-3-12(21)17(26)13(22)4-8)9-5-14(23)18(27)15(24)6-9/h1-6H. The molecule has 0 aliphatic carbocycles. The SMILES string of the molecule is Fc1cc(P(c2cc(F)c(F)c(F)c2)c2cc(F)c(F)c(F)c2)cc(F)c1F. The first kappa shape index (κ1) is 20.2. The summed E-state index contributed by atoms with van der Waals surface area (Å²) < 4.78 is 122. The van der Waals surface area contributed by atoms with E-state index in [2.05, 4.69) is 0 Å². The Morgan fingerprint density at radius 3 is 0.714 bits per heavy atom. The Bertz CT molecular complexity index is 875. The Balaban J connectivity index is 2.32. The van der Waals surface area contributed by atoms with E-state index in [9.17, 15) is 39.5 Å². The number of hydrogen-bond acceptors (Lipinski definition) is 0. The van der Waals surface area contributed by atoms with E-state index in [4.69, 9.17) is 0 Å². The largest absolute Gasteiger partial charge is 0.204 e. The van der Waals surface area contributed by atoms with Crippen LogP contribution in [0.2, 0.25) is 0 Å². The van der Waals surface area contributed by atoms with E-state index in [1.807, 2.05) is 0 Å². The minimum Gasteiger partial charge on any atom is -0.204 e. The van der Waals surface area contributed by atoms with Gasteiger partial charge in [0.15, 0.2) is 52.4 Å². The van der Waals surface area contributed by atoms with Crippen LogP contribution in [0.3, 0.4) is 0 Å². The molecule has 0 bridgehead atoms. The van der Waals surface area contributed by atoms with Gasteiger partial charge in [0.1, 0.15) is 0 Å². The highest BCUT2D eigenvalue weighted by atomic mass is 31.1. The molecule has 3 aromatic rings. The van der Waals surface area contributed by atoms with Gasteiger partial charge < -0.3 is 0 Å². The first-order valence-corrected chi connectivity index (χ1v) is 8.68. The lowest BCUT2D eigenvalue weighted by Crippen LogP contribution is -2.24. The van der Waals surface area contributed by atoms with Crippen LogP contribution in [0.1, 0.15) is 0 Å². The van der Waals surface area contributed by atoms with Gasteiger partial charge >= 0.3 is 0 Å². The third kappa shape index (κ3) is 3.58. The summed E-state index contributed by atoms with van der Waals surface area (Å²) in [5.74, 6) is -15.6. The lowest BCUT2D eigenvalue weighted by molar-refractivity contribution is 0.448. The van der Waals surface area contributed by atoms with Gasteiger partial charge in [0.05, 0.1) is 0 Å². The molecule has 0 aliphatic rings. The van der Waals surface area contributed by atoms with Crippen LogP contribution in [0.4, 0.5) is 39.5 Å². The maximum absolute atomic E-state index is 13.7. The van der Waals surface area contributed by atoms with Crippen molar-refractivity contribution in [1.82, 2.24) is 0 Å². The van der Waals surface area contributed by atoms with Gasteiger partial charge in [0, 0.05) is 0 Å². The average molecular weight is 424 g/mol. The van der Waals surface area contributed by atoms with E-state index in [0.717, 1.165) is 0 Å². The summed E-state index contributed by atoms with van der Waals surface area (Å²) in [6, 6.07) is 2.76. The van der Waals surface area contributed by atoms with Crippen molar-refractivity contribution in [3.63, 3.8) is 0 Å². The summed E-state index contributed by atoms with van der Waals surface area (Å²) in [6.07, 6.45) is 0. The molecule has 28 heavy (non-hydrogen) atoms. The second kappa shape index (κ2) is 7.47. The van der Waals surface area contributed by atoms with E-state index in [0.29, 0.717) is 36.4 Å². The fourth-order valence-electron chi connectivity index (χ4n) is 2.46. The first-order chi connectivity index (χ1) is 13.1. The molecule has 0 saturated heterocycles. The van der Waals surface area contributed by atoms with Crippen LogP contribution in [0.25, 0.3) is 0 Å². The third-order valence-electron chi connectivity index (χ3n) is 3.68. The van der Waals surface area contributed by atoms with Gasteiger partial charge in [-0.05, 0) is 60.2 Å². The second-order valence-electron chi connectivity index (χ2n) is 5.51. The third-order valence-corrected chi connectivity index (χ3v) is 6.00. The van der Waals surface area contributed by atoms with Gasteiger partial charge in [0.2, 0.25) is 0 Å². The van der Waals surface area contributed by atoms with Crippen molar-refractivity contribution < 1.29 is 39.5 Å². The van der Waals surface area contributed by atoms with Crippen LogP contribution in [0.15, 0.2) is 36.4 Å². The zero-order valence-corrected chi connectivity index (χ0v) is 14.2. The van der Waals surface area contributed by atoms with Crippen molar-refractivity contribution in [3.8, 4) is 0 Å². The molecule has 0 aromatic heterocycles. The zero-order chi connectivity index (χ0) is 20.7. The average Bonchev–Trinajstić information content (AvgIpc) is 2.62. The van der Waals surface area contributed by atoms with Crippen LogP contribution in [-0.2, 0) is 0 Å². The maximum Gasteiger partial charge on any atom is 0.194 e. The normalized spacial score (nSPS) is 11.4. The topological polar surface area (TPSA) is 0 Å². The van der Waals surface area contributed by atoms with E-state index in [1.54, 1.807) is 0 Å². The van der Waals surface area contributed by atoms with Crippen molar-refractivity contribution in [2.75, 3.05) is 0 Å². The predicted octanol–water partition coefficient (Wildman–Crippen LogP) is 4.70. The van der Waals surface area contributed by atoms with Crippen LogP contribution in [0.5, 0.6) is 0 Å². The maximum atomic E-state index is 13.7. The lowest BCUT2D eigenvalue weighted by Gasteiger charge is -2.20. The number of halogens is 9. The highest BCUT2D eigenvalue weighted by Crippen LogP contribution is 2.35. The summed E-state index contributed by atoms with van der Waals surface area (Å²) in [4.78, 5) is 0. The Morgan fingerprint density at radius 2 is 0.536 bits per heavy atom. The van der Waals surface area contributed by atoms with Crippen molar-refractivity contribution in [2.24, 2.45) is 0 Å². The molecule has 0 saturated carbocycles. The second-order valence-corrected chi connectivity index (χ2v) is 7.73. The van der Waals surface area contributed by atoms with Gasteiger partial charge in [-0.15, -0.1) is 0 Å². The number of rotatable bonds is 3. The summed E-state index contributed by atoms with van der Waals surface area (Å²) in [6.45, 7) is 0. The van der Waals surface area contributed by atoms with E-state index < -0.39 is 76.2 Å². The van der Waals surface area contributed by atoms with E-state index in [-0.39, 0.29) is 0 Å². The Hall–Kier alpha value is -2.54. The number of hydrogen-bond donors (Lipinski definition) is 0. The molecule has 146 valence electrons. The van der Waals surface area contributed by atoms with Gasteiger partial charge in [-0.1, -0.05) is 0 Å². The molecule has 0 N–H and O–H groups in total. The van der Waals surface area contributed by atoms with Crippen molar-refractivity contribution in [2.45, 2.75) is 0 Å². The predicted molar refractivity (Wildman–Crippen MR) is 84.8 cm³/mol. The fourth-order valence-corrected chi connectivity index (χ4v) is 4.81. The minimum absolute atomic E-state index is 0.442. The Morgan fingerprint density at radius 1 is 0.357 bits per heavy atom. The van der Waals surface area contributed by atoms with Gasteiger partial charge in [-0.25, -0.2) is 39.5 Å². The molecule has 3 rings (SSSR count). The molecule has 0 fully saturated rings. The summed E-state index contributed by atoms with van der Waals surface area (Å²) in [5.41, 5.74) is 0. The summed E-state index contributed by atoms with van der Waals surface area (Å²) in [5, 5.41) is -1.33. The quantitative estimate of drug-likeness (QED) is 0.325. The molecule has 0 nitrogen and oxygen atoms in total. The van der Waals surface area contributed by atoms with Crippen LogP contribution in [-0.4, -0.2) is 0 Å². The molecule has 0 aliphatic heterocycles. The molecular formula is C18H6F9P. The molecule has 0 radical (unpaired) electrons. The van der Waals surface area contributed by atoms with Crippen LogP contribution < -0.4 is 15.9 Å². The monoisotopic (exact) mass is 424 g/mol. The molecule has 10 heteroatoms. The Labute approximate surface area is 153 Å². The lowest BCUT2D eigenvalue weighted by atomic mass is 10.3. The smallest absolute Gasteiger partial charge is 0.194 e. The number of benzene rings is 3. The summed E-state index contributed by atoms with van der Waals surface area (Å²) >= 11 is 0. The minimum atomic E-state index is -2.52. The highest BCUT2D eigenvalue weighted by molar-refractivity contribution is 7.79. The molecule has 3 aromatic carbocycles. The summed E-state index contributed by atoms with van der Waals surface area (Å²) in [7, 11) is -2.52. The van der Waals surface area contributed by atoms with Crippen LogP contribution >= 0.6 is 7.92 Å². The van der Waals surface area contributed by atoms with Crippen LogP contribution in [0, 0.1) is 52.4 Å². The zero-order valence-electron chi connectivity index (χ0n) is 13.3. The van der Waals surface area contributed by atoms with E-state index >= 15 is 0 Å². The van der Waals surface area contributed by atoms with Gasteiger partial charge in [0.25, 0.3) is 0 Å². The first-order valence-electron chi connectivity index (χ1n) is 7.34. The van der Waals surface area contributed by atoms with Gasteiger partial charge in [-0.2, -0.15) is 0 Å². The molecule has 0 amide bonds.